The van der Waals surface area contributed by atoms with Crippen molar-refractivity contribution in [2.45, 2.75) is 19.9 Å². The molecule has 3 rings (SSSR count). The summed E-state index contributed by atoms with van der Waals surface area (Å²) >= 11 is 0. The molecule has 6 nitrogen and oxygen atoms in total. The second kappa shape index (κ2) is 10.8. The molecule has 0 spiro atoms. The zero-order chi connectivity index (χ0) is 23.1. The van der Waals surface area contributed by atoms with Gasteiger partial charge in [-0.2, -0.15) is 0 Å². The van der Waals surface area contributed by atoms with Crippen molar-refractivity contribution < 1.29 is 19.4 Å². The summed E-state index contributed by atoms with van der Waals surface area (Å²) in [6.07, 6.45) is 1.65. The molecule has 0 bridgehead atoms. The maximum Gasteiger partial charge on any atom is 0.295 e. The van der Waals surface area contributed by atoms with Crippen molar-refractivity contribution in [2.24, 2.45) is 0 Å². The minimum atomic E-state index is -0.664. The van der Waals surface area contributed by atoms with Gasteiger partial charge in [0.15, 0.2) is 0 Å². The van der Waals surface area contributed by atoms with Crippen molar-refractivity contribution in [3.63, 3.8) is 0 Å². The minimum absolute atomic E-state index is 0.112. The largest absolute Gasteiger partial charge is 0.507 e. The van der Waals surface area contributed by atoms with E-state index in [1.165, 1.54) is 0 Å². The van der Waals surface area contributed by atoms with Crippen LogP contribution < -0.4 is 4.74 Å². The molecule has 1 saturated heterocycles. The van der Waals surface area contributed by atoms with Crippen LogP contribution in [0.15, 0.2) is 72.8 Å². The number of hydrogen-bond donors (Lipinski definition) is 1. The molecule has 1 N–H and O–H groups in total. The van der Waals surface area contributed by atoms with E-state index in [1.54, 1.807) is 35.2 Å². The van der Waals surface area contributed by atoms with Crippen LogP contribution in [0.1, 0.15) is 31.0 Å². The number of nitrogens with zero attached hydrogens (tertiary/aromatic N) is 2. The molecule has 2 aromatic rings. The van der Waals surface area contributed by atoms with Crippen LogP contribution in [0.25, 0.3) is 5.76 Å². The molecule has 6 heteroatoms. The summed E-state index contributed by atoms with van der Waals surface area (Å²) in [6.45, 7) is 10.9. The van der Waals surface area contributed by atoms with E-state index in [0.717, 1.165) is 18.7 Å². The van der Waals surface area contributed by atoms with E-state index in [1.807, 2.05) is 30.3 Å². The summed E-state index contributed by atoms with van der Waals surface area (Å²) in [7, 11) is 0. The van der Waals surface area contributed by atoms with Crippen LogP contribution in [0.4, 0.5) is 0 Å². The van der Waals surface area contributed by atoms with Crippen LogP contribution >= 0.6 is 0 Å². The molecule has 0 radical (unpaired) electrons. The normalized spacial score (nSPS) is 17.7. The van der Waals surface area contributed by atoms with Crippen molar-refractivity contribution in [2.75, 3.05) is 32.8 Å². The predicted octanol–water partition coefficient (Wildman–Crippen LogP) is 4.01. The number of amides is 1. The summed E-state index contributed by atoms with van der Waals surface area (Å²) < 4.78 is 5.49. The number of rotatable bonds is 10. The third-order valence-corrected chi connectivity index (χ3v) is 5.70. The van der Waals surface area contributed by atoms with Crippen molar-refractivity contribution in [1.82, 2.24) is 9.80 Å². The third-order valence-electron chi connectivity index (χ3n) is 5.70. The van der Waals surface area contributed by atoms with E-state index in [9.17, 15) is 14.7 Å². The van der Waals surface area contributed by atoms with Crippen molar-refractivity contribution in [1.29, 1.82) is 0 Å². The lowest BCUT2D eigenvalue weighted by Crippen LogP contribution is -2.38. The molecule has 1 fully saturated rings. The molecular formula is C26H30N2O4. The lowest BCUT2D eigenvalue weighted by atomic mass is 9.95. The van der Waals surface area contributed by atoms with Crippen LogP contribution in [0.5, 0.6) is 5.75 Å². The molecule has 32 heavy (non-hydrogen) atoms. The van der Waals surface area contributed by atoms with Gasteiger partial charge in [0.05, 0.1) is 11.6 Å². The first kappa shape index (κ1) is 23.3. The standard InChI is InChI=1S/C26H30N2O4/c1-4-18-32-21-14-12-20(13-15-21)24(29)22-23(19-10-8-7-9-11-19)28(26(31)25(22)30)17-16-27(5-2)6-3/h4,7-15,23,29H,1,5-6,16-18H2,2-3H3/b24-22+. The lowest BCUT2D eigenvalue weighted by molar-refractivity contribution is -0.140. The van der Waals surface area contributed by atoms with E-state index >= 15 is 0 Å². The zero-order valence-electron chi connectivity index (χ0n) is 18.7. The fourth-order valence-electron chi connectivity index (χ4n) is 3.90. The van der Waals surface area contributed by atoms with Gasteiger partial charge in [-0.3, -0.25) is 9.59 Å². The maximum atomic E-state index is 13.0. The molecule has 0 saturated carbocycles. The van der Waals surface area contributed by atoms with Crippen LogP contribution in [0, 0.1) is 0 Å². The first-order valence-corrected chi connectivity index (χ1v) is 10.9. The Kier molecular flexibility index (Phi) is 7.84. The molecule has 1 unspecified atom stereocenters. The van der Waals surface area contributed by atoms with E-state index < -0.39 is 17.7 Å². The third kappa shape index (κ3) is 4.92. The molecule has 1 amide bonds. The highest BCUT2D eigenvalue weighted by Crippen LogP contribution is 2.39. The van der Waals surface area contributed by atoms with Gasteiger partial charge in [-0.25, -0.2) is 0 Å². The summed E-state index contributed by atoms with van der Waals surface area (Å²) in [5.41, 5.74) is 1.36. The quantitative estimate of drug-likeness (QED) is 0.265. The first-order chi connectivity index (χ1) is 15.5. The van der Waals surface area contributed by atoms with Crippen LogP contribution in [0.2, 0.25) is 0 Å². The molecule has 1 heterocycles. The predicted molar refractivity (Wildman–Crippen MR) is 125 cm³/mol. The number of aliphatic hydroxyl groups is 1. The summed E-state index contributed by atoms with van der Waals surface area (Å²) in [5, 5.41) is 11.1. The highest BCUT2D eigenvalue weighted by Gasteiger charge is 2.45. The summed E-state index contributed by atoms with van der Waals surface area (Å²) in [5.74, 6) is -0.806. The zero-order valence-corrected chi connectivity index (χ0v) is 18.7. The highest BCUT2D eigenvalue weighted by atomic mass is 16.5. The number of ketones is 1. The Bertz CT molecular complexity index is 979. The van der Waals surface area contributed by atoms with Crippen molar-refractivity contribution in [3.05, 3.63) is 84.0 Å². The Morgan fingerprint density at radius 1 is 1.09 bits per heavy atom. The van der Waals surface area contributed by atoms with Crippen LogP contribution in [-0.4, -0.2) is 59.4 Å². The second-order valence-corrected chi connectivity index (χ2v) is 7.55. The number of likely N-dealkylation sites (tertiary alicyclic amines) is 1. The Balaban J connectivity index is 2.00. The Labute approximate surface area is 189 Å². The van der Waals surface area contributed by atoms with Gasteiger partial charge in [-0.15, -0.1) is 0 Å². The Hall–Kier alpha value is -3.38. The number of carbonyl (C=O) groups is 2. The van der Waals surface area contributed by atoms with E-state index in [2.05, 4.69) is 25.3 Å². The molecule has 1 aliphatic heterocycles. The average Bonchev–Trinajstić information content (AvgIpc) is 3.08. The van der Waals surface area contributed by atoms with E-state index in [0.29, 0.717) is 31.0 Å². The van der Waals surface area contributed by atoms with Crippen LogP contribution in [0.3, 0.4) is 0 Å². The number of hydrogen-bond acceptors (Lipinski definition) is 5. The van der Waals surface area contributed by atoms with Gasteiger partial charge >= 0.3 is 0 Å². The molecule has 0 aromatic heterocycles. The van der Waals surface area contributed by atoms with Gasteiger partial charge in [-0.1, -0.05) is 56.8 Å². The van der Waals surface area contributed by atoms with Gasteiger partial charge in [-0.05, 0) is 42.9 Å². The molecule has 0 aliphatic carbocycles. The molecule has 2 aromatic carbocycles. The van der Waals surface area contributed by atoms with Gasteiger partial charge in [0.2, 0.25) is 0 Å². The summed E-state index contributed by atoms with van der Waals surface area (Å²) in [6, 6.07) is 15.5. The smallest absolute Gasteiger partial charge is 0.295 e. The fourth-order valence-corrected chi connectivity index (χ4v) is 3.90. The molecular weight excluding hydrogens is 404 g/mol. The lowest BCUT2D eigenvalue weighted by Gasteiger charge is -2.28. The van der Waals surface area contributed by atoms with Gasteiger partial charge in [0, 0.05) is 18.7 Å². The minimum Gasteiger partial charge on any atom is -0.507 e. The highest BCUT2D eigenvalue weighted by molar-refractivity contribution is 6.46. The van der Waals surface area contributed by atoms with Gasteiger partial charge in [0.25, 0.3) is 11.7 Å². The van der Waals surface area contributed by atoms with E-state index in [4.69, 9.17) is 4.74 Å². The summed E-state index contributed by atoms with van der Waals surface area (Å²) in [4.78, 5) is 29.8. The number of Topliss-reactive ketones (excluding diaryl/α,β-unsaturated/α-hetero) is 1. The SMILES string of the molecule is C=CCOc1ccc(/C(O)=C2\C(=O)C(=O)N(CCN(CC)CC)C2c2ccccc2)cc1. The van der Waals surface area contributed by atoms with Gasteiger partial charge < -0.3 is 19.6 Å². The molecule has 1 atom stereocenters. The van der Waals surface area contributed by atoms with E-state index in [-0.39, 0.29) is 11.3 Å². The number of benzene rings is 2. The van der Waals surface area contributed by atoms with Crippen molar-refractivity contribution in [3.8, 4) is 5.75 Å². The number of likely N-dealkylation sites (N-methyl/N-ethyl adjacent to an activating group) is 1. The first-order valence-electron chi connectivity index (χ1n) is 10.9. The molecule has 1 aliphatic rings. The average molecular weight is 435 g/mol. The second-order valence-electron chi connectivity index (χ2n) is 7.55. The molecule has 168 valence electrons. The topological polar surface area (TPSA) is 70.1 Å². The Morgan fingerprint density at radius 2 is 1.75 bits per heavy atom. The Morgan fingerprint density at radius 3 is 2.34 bits per heavy atom. The number of carbonyl (C=O) groups excluding carboxylic acids is 2. The monoisotopic (exact) mass is 434 g/mol. The maximum absolute atomic E-state index is 13.0. The van der Waals surface area contributed by atoms with Gasteiger partial charge in [0.1, 0.15) is 18.1 Å². The van der Waals surface area contributed by atoms with Crippen molar-refractivity contribution >= 4 is 17.4 Å². The van der Waals surface area contributed by atoms with Crippen LogP contribution in [-0.2, 0) is 9.59 Å². The fraction of sp³-hybridized carbons (Fsp3) is 0.308. The number of aliphatic hydroxyl groups excluding tert-OH is 1. The number of ether oxygens (including phenoxy) is 1.